The Kier molecular flexibility index (Phi) is 2.41. The Morgan fingerprint density at radius 2 is 0.812 bits per heavy atom. The normalized spacial score (nSPS) is 17.1. The largest absolute Gasteiger partial charge is 0.484 e. The van der Waals surface area contributed by atoms with Gasteiger partial charge in [0.1, 0.15) is 36.5 Å². The van der Waals surface area contributed by atoms with Crippen LogP contribution in [0.15, 0.2) is 0 Å². The van der Waals surface area contributed by atoms with E-state index in [2.05, 4.69) is 0 Å². The van der Waals surface area contributed by atoms with Crippen molar-refractivity contribution in [2.75, 3.05) is 26.4 Å². The highest BCUT2D eigenvalue weighted by Crippen LogP contribution is 2.55. The van der Waals surface area contributed by atoms with E-state index in [4.69, 9.17) is 42.1 Å². The Hall–Kier alpha value is -1.00. The van der Waals surface area contributed by atoms with Gasteiger partial charge < -0.3 is 18.9 Å². The third kappa shape index (κ3) is 1.37. The molecule has 3 rings (SSSR count). The first-order chi connectivity index (χ1) is 7.79. The van der Waals surface area contributed by atoms with Crippen LogP contribution in [0.5, 0.6) is 23.0 Å². The van der Waals surface area contributed by atoms with Crippen molar-refractivity contribution in [1.29, 1.82) is 0 Å². The fourth-order valence-corrected chi connectivity index (χ4v) is 2.26. The molecule has 0 atom stereocenters. The Morgan fingerprint density at radius 3 is 1.06 bits per heavy atom. The Balaban J connectivity index is 2.24. The van der Waals surface area contributed by atoms with Crippen LogP contribution in [-0.4, -0.2) is 26.4 Å². The molecule has 0 spiro atoms. The predicted octanol–water partition coefficient (Wildman–Crippen LogP) is 2.54. The topological polar surface area (TPSA) is 36.9 Å². The number of benzene rings is 1. The van der Waals surface area contributed by atoms with Crippen molar-refractivity contribution < 1.29 is 18.9 Å². The van der Waals surface area contributed by atoms with Gasteiger partial charge >= 0.3 is 0 Å². The van der Waals surface area contributed by atoms with E-state index in [9.17, 15) is 0 Å². The van der Waals surface area contributed by atoms with Gasteiger partial charge in [0.15, 0.2) is 23.0 Å². The molecule has 0 unspecified atom stereocenters. The molecule has 1 aromatic carbocycles. The number of hydrogen-bond donors (Lipinski definition) is 0. The van der Waals surface area contributed by atoms with Crippen molar-refractivity contribution in [2.24, 2.45) is 0 Å². The fraction of sp³-hybridized carbons (Fsp3) is 0.400. The van der Waals surface area contributed by atoms with E-state index in [1.54, 1.807) is 0 Å². The third-order valence-electron chi connectivity index (χ3n) is 2.36. The molecule has 0 bridgehead atoms. The van der Waals surface area contributed by atoms with Crippen molar-refractivity contribution in [3.05, 3.63) is 10.0 Å². The van der Waals surface area contributed by atoms with Crippen LogP contribution in [0.2, 0.25) is 10.0 Å². The van der Waals surface area contributed by atoms with E-state index < -0.39 is 0 Å². The fourth-order valence-electron chi connectivity index (χ4n) is 1.70. The maximum atomic E-state index is 6.15. The lowest BCUT2D eigenvalue weighted by Crippen LogP contribution is -2.20. The maximum absolute atomic E-state index is 6.15. The lowest BCUT2D eigenvalue weighted by Gasteiger charge is -2.26. The minimum atomic E-state index is 0.355. The summed E-state index contributed by atoms with van der Waals surface area (Å²) in [4.78, 5) is 0. The van der Waals surface area contributed by atoms with Crippen LogP contribution in [0.4, 0.5) is 0 Å². The summed E-state index contributed by atoms with van der Waals surface area (Å²) >= 11 is 12.3. The average molecular weight is 263 g/mol. The summed E-state index contributed by atoms with van der Waals surface area (Å²) in [6, 6.07) is 0. The number of rotatable bonds is 0. The second-order valence-corrected chi connectivity index (χ2v) is 4.09. The highest BCUT2D eigenvalue weighted by molar-refractivity contribution is 6.38. The van der Waals surface area contributed by atoms with Gasteiger partial charge in [-0.1, -0.05) is 23.2 Å². The molecule has 2 heterocycles. The van der Waals surface area contributed by atoms with E-state index in [1.165, 1.54) is 0 Å². The molecular formula is C10H8Cl2O4. The zero-order valence-electron chi connectivity index (χ0n) is 8.22. The molecular weight excluding hydrogens is 255 g/mol. The van der Waals surface area contributed by atoms with Gasteiger partial charge in [-0.05, 0) is 0 Å². The summed E-state index contributed by atoms with van der Waals surface area (Å²) in [5.74, 6) is 1.73. The lowest BCUT2D eigenvalue weighted by molar-refractivity contribution is 0.153. The van der Waals surface area contributed by atoms with E-state index in [1.807, 2.05) is 0 Å². The second-order valence-electron chi connectivity index (χ2n) is 3.34. The molecule has 0 amide bonds. The summed E-state index contributed by atoms with van der Waals surface area (Å²) < 4.78 is 21.7. The summed E-state index contributed by atoms with van der Waals surface area (Å²) in [7, 11) is 0. The smallest absolute Gasteiger partial charge is 0.185 e. The summed E-state index contributed by atoms with van der Waals surface area (Å²) in [5, 5.41) is 0.711. The first-order valence-corrected chi connectivity index (χ1v) is 5.61. The van der Waals surface area contributed by atoms with Crippen LogP contribution in [0.3, 0.4) is 0 Å². The van der Waals surface area contributed by atoms with E-state index in [-0.39, 0.29) is 0 Å². The molecule has 1 aromatic rings. The molecule has 0 saturated carbocycles. The highest BCUT2D eigenvalue weighted by Gasteiger charge is 2.30. The minimum absolute atomic E-state index is 0.355. The van der Waals surface area contributed by atoms with Crippen LogP contribution in [-0.2, 0) is 0 Å². The first-order valence-electron chi connectivity index (χ1n) is 4.85. The molecule has 2 aliphatic heterocycles. The molecule has 0 radical (unpaired) electrons. The van der Waals surface area contributed by atoms with Crippen molar-refractivity contribution >= 4 is 23.2 Å². The van der Waals surface area contributed by atoms with Crippen LogP contribution in [0.1, 0.15) is 0 Å². The lowest BCUT2D eigenvalue weighted by atomic mass is 10.2. The summed E-state index contributed by atoms with van der Waals surface area (Å²) in [6.07, 6.45) is 0. The monoisotopic (exact) mass is 262 g/mol. The van der Waals surface area contributed by atoms with Crippen molar-refractivity contribution in [3.8, 4) is 23.0 Å². The van der Waals surface area contributed by atoms with Gasteiger partial charge in [0.2, 0.25) is 0 Å². The van der Waals surface area contributed by atoms with Gasteiger partial charge in [-0.2, -0.15) is 0 Å². The maximum Gasteiger partial charge on any atom is 0.185 e. The molecule has 0 N–H and O–H groups in total. The molecule has 86 valence electrons. The third-order valence-corrected chi connectivity index (χ3v) is 3.05. The van der Waals surface area contributed by atoms with Gasteiger partial charge in [0.25, 0.3) is 0 Å². The molecule has 2 aliphatic rings. The zero-order chi connectivity index (χ0) is 11.1. The van der Waals surface area contributed by atoms with Gasteiger partial charge in [-0.3, -0.25) is 0 Å². The average Bonchev–Trinajstić information content (AvgIpc) is 2.36. The SMILES string of the molecule is Clc1c2c(c(Cl)c3c1OCCO3)OCCO2. The van der Waals surface area contributed by atoms with Gasteiger partial charge in [0.05, 0.1) is 0 Å². The Morgan fingerprint density at radius 1 is 0.562 bits per heavy atom. The van der Waals surface area contributed by atoms with Gasteiger partial charge in [-0.15, -0.1) is 0 Å². The summed E-state index contributed by atoms with van der Waals surface area (Å²) in [6.45, 7) is 1.79. The zero-order valence-corrected chi connectivity index (χ0v) is 9.73. The van der Waals surface area contributed by atoms with Crippen molar-refractivity contribution in [2.45, 2.75) is 0 Å². The van der Waals surface area contributed by atoms with Crippen LogP contribution >= 0.6 is 23.2 Å². The number of fused-ring (bicyclic) bond motifs is 2. The molecule has 4 nitrogen and oxygen atoms in total. The quantitative estimate of drug-likeness (QED) is 0.720. The number of halogens is 2. The standard InChI is InChI=1S/C10H8Cl2O4/c11-5-7-8(14-2-1-13-7)6(12)10-9(5)15-3-4-16-10/h1-4H2. The van der Waals surface area contributed by atoms with E-state index in [0.29, 0.717) is 59.5 Å². The van der Waals surface area contributed by atoms with Crippen LogP contribution in [0, 0.1) is 0 Å². The molecule has 6 heteroatoms. The Bertz CT molecular complexity index is 369. The molecule has 16 heavy (non-hydrogen) atoms. The van der Waals surface area contributed by atoms with Crippen molar-refractivity contribution in [1.82, 2.24) is 0 Å². The minimum Gasteiger partial charge on any atom is -0.484 e. The van der Waals surface area contributed by atoms with Crippen molar-refractivity contribution in [3.63, 3.8) is 0 Å². The van der Waals surface area contributed by atoms with Gasteiger partial charge in [0, 0.05) is 0 Å². The Labute approximate surface area is 102 Å². The molecule has 0 fully saturated rings. The van der Waals surface area contributed by atoms with Gasteiger partial charge in [-0.25, -0.2) is 0 Å². The molecule has 0 aliphatic carbocycles. The predicted molar refractivity (Wildman–Crippen MR) is 58.4 cm³/mol. The second kappa shape index (κ2) is 3.79. The number of ether oxygens (including phenoxy) is 4. The number of hydrogen-bond acceptors (Lipinski definition) is 4. The molecule has 0 aromatic heterocycles. The highest BCUT2D eigenvalue weighted by atomic mass is 35.5. The summed E-state index contributed by atoms with van der Waals surface area (Å²) in [5.41, 5.74) is 0. The van der Waals surface area contributed by atoms with E-state index in [0.717, 1.165) is 0 Å². The van der Waals surface area contributed by atoms with E-state index >= 15 is 0 Å². The molecule has 0 saturated heterocycles. The first kappa shape index (κ1) is 10.2. The van der Waals surface area contributed by atoms with Crippen LogP contribution < -0.4 is 18.9 Å². The van der Waals surface area contributed by atoms with Crippen LogP contribution in [0.25, 0.3) is 0 Å².